The van der Waals surface area contributed by atoms with E-state index in [1.807, 2.05) is 0 Å². The minimum atomic E-state index is -0.277. The van der Waals surface area contributed by atoms with Gasteiger partial charge in [0.05, 0.1) is 5.56 Å². The first-order valence-corrected chi connectivity index (χ1v) is 7.22. The molecule has 2 rings (SSSR count). The monoisotopic (exact) mass is 311 g/mol. The fraction of sp³-hybridized carbons (Fsp3) is 0.500. The summed E-state index contributed by atoms with van der Waals surface area (Å²) in [4.78, 5) is 12.1. The third-order valence-corrected chi connectivity index (χ3v) is 3.98. The van der Waals surface area contributed by atoms with Crippen LogP contribution in [0.25, 0.3) is 0 Å². The zero-order valence-electron chi connectivity index (χ0n) is 10.3. The van der Waals surface area contributed by atoms with Crippen molar-refractivity contribution in [2.45, 2.75) is 44.6 Å². The van der Waals surface area contributed by atoms with Crippen molar-refractivity contribution in [2.75, 3.05) is 5.73 Å². The number of nitrogen functional groups attached to an aromatic ring is 1. The third kappa shape index (κ3) is 3.48. The van der Waals surface area contributed by atoms with Crippen LogP contribution < -0.4 is 5.73 Å². The largest absolute Gasteiger partial charge is 0.459 e. The van der Waals surface area contributed by atoms with Crippen molar-refractivity contribution in [3.8, 4) is 0 Å². The molecule has 0 heterocycles. The van der Waals surface area contributed by atoms with E-state index in [0.29, 0.717) is 11.3 Å². The normalized spacial score (nSPS) is 17.2. The number of carbonyl (C=O) groups is 1. The number of anilines is 1. The Morgan fingerprint density at radius 3 is 2.56 bits per heavy atom. The molecule has 2 N–H and O–H groups in total. The molecule has 18 heavy (non-hydrogen) atoms. The van der Waals surface area contributed by atoms with Crippen LogP contribution in [0.2, 0.25) is 0 Å². The van der Waals surface area contributed by atoms with Gasteiger partial charge in [0.25, 0.3) is 0 Å². The number of halogens is 1. The molecular weight excluding hydrogens is 294 g/mol. The first-order chi connectivity index (χ1) is 8.66. The zero-order valence-corrected chi connectivity index (χ0v) is 11.9. The topological polar surface area (TPSA) is 52.3 Å². The molecule has 1 aliphatic carbocycles. The Morgan fingerprint density at radius 2 is 1.89 bits per heavy atom. The van der Waals surface area contributed by atoms with Gasteiger partial charge in [0, 0.05) is 10.2 Å². The van der Waals surface area contributed by atoms with Crippen LogP contribution in [0, 0.1) is 0 Å². The van der Waals surface area contributed by atoms with Gasteiger partial charge >= 0.3 is 5.97 Å². The van der Waals surface area contributed by atoms with Crippen molar-refractivity contribution in [1.82, 2.24) is 0 Å². The number of hydrogen-bond donors (Lipinski definition) is 1. The summed E-state index contributed by atoms with van der Waals surface area (Å²) in [5, 5.41) is 0. The maximum absolute atomic E-state index is 12.1. The summed E-state index contributed by atoms with van der Waals surface area (Å²) in [6, 6.07) is 5.19. The lowest BCUT2D eigenvalue weighted by Gasteiger charge is -2.16. The number of ether oxygens (including phenoxy) is 1. The van der Waals surface area contributed by atoms with Crippen LogP contribution in [-0.2, 0) is 4.74 Å². The number of nitrogens with two attached hydrogens (primary N) is 1. The molecule has 0 amide bonds. The molecule has 0 spiro atoms. The highest BCUT2D eigenvalue weighted by molar-refractivity contribution is 9.10. The molecule has 1 fully saturated rings. The van der Waals surface area contributed by atoms with Gasteiger partial charge in [0.15, 0.2) is 0 Å². The lowest BCUT2D eigenvalue weighted by atomic mass is 10.1. The van der Waals surface area contributed by atoms with Crippen LogP contribution in [0.4, 0.5) is 5.69 Å². The molecule has 4 heteroatoms. The van der Waals surface area contributed by atoms with Crippen LogP contribution in [0.15, 0.2) is 22.7 Å². The Bertz CT molecular complexity index is 426. The Balaban J connectivity index is 2.04. The van der Waals surface area contributed by atoms with E-state index in [1.54, 1.807) is 18.2 Å². The second-order valence-electron chi connectivity index (χ2n) is 4.76. The van der Waals surface area contributed by atoms with Crippen molar-refractivity contribution >= 4 is 27.6 Å². The van der Waals surface area contributed by atoms with Crippen LogP contribution in [0.5, 0.6) is 0 Å². The number of rotatable bonds is 2. The van der Waals surface area contributed by atoms with Gasteiger partial charge in [-0.15, -0.1) is 0 Å². The van der Waals surface area contributed by atoms with Gasteiger partial charge in [-0.05, 0) is 59.8 Å². The van der Waals surface area contributed by atoms with Gasteiger partial charge in [0.2, 0.25) is 0 Å². The summed E-state index contributed by atoms with van der Waals surface area (Å²) in [5.41, 5.74) is 6.78. The Kier molecular flexibility index (Phi) is 4.64. The minimum absolute atomic E-state index is 0.0633. The minimum Gasteiger partial charge on any atom is -0.459 e. The van der Waals surface area contributed by atoms with E-state index in [-0.39, 0.29) is 12.1 Å². The van der Waals surface area contributed by atoms with E-state index in [2.05, 4.69) is 15.9 Å². The van der Waals surface area contributed by atoms with Crippen molar-refractivity contribution in [3.05, 3.63) is 28.2 Å². The fourth-order valence-electron chi connectivity index (χ4n) is 2.27. The molecule has 0 unspecified atom stereocenters. The molecule has 1 aliphatic rings. The summed E-state index contributed by atoms with van der Waals surface area (Å²) >= 11 is 3.35. The van der Waals surface area contributed by atoms with Gasteiger partial charge in [0.1, 0.15) is 6.10 Å². The third-order valence-electron chi connectivity index (χ3n) is 3.29. The molecular formula is C14H18BrNO2. The number of carbonyl (C=O) groups excluding carboxylic acids is 1. The van der Waals surface area contributed by atoms with Crippen LogP contribution in [-0.4, -0.2) is 12.1 Å². The van der Waals surface area contributed by atoms with E-state index in [0.717, 1.165) is 30.2 Å². The zero-order chi connectivity index (χ0) is 13.0. The number of benzene rings is 1. The summed E-state index contributed by atoms with van der Waals surface area (Å²) in [6.45, 7) is 0. The average molecular weight is 312 g/mol. The molecule has 0 atom stereocenters. The molecule has 0 aromatic heterocycles. The number of esters is 1. The molecule has 0 aliphatic heterocycles. The van der Waals surface area contributed by atoms with Crippen molar-refractivity contribution in [2.24, 2.45) is 0 Å². The van der Waals surface area contributed by atoms with Crippen molar-refractivity contribution < 1.29 is 9.53 Å². The van der Waals surface area contributed by atoms with Crippen LogP contribution in [0.3, 0.4) is 0 Å². The van der Waals surface area contributed by atoms with E-state index < -0.39 is 0 Å². The highest BCUT2D eigenvalue weighted by Crippen LogP contribution is 2.24. The van der Waals surface area contributed by atoms with E-state index in [4.69, 9.17) is 10.5 Å². The molecule has 0 radical (unpaired) electrons. The smallest absolute Gasteiger partial charge is 0.339 e. The summed E-state index contributed by atoms with van der Waals surface area (Å²) in [5.74, 6) is -0.277. The maximum atomic E-state index is 12.1. The molecule has 0 bridgehead atoms. The highest BCUT2D eigenvalue weighted by Gasteiger charge is 2.19. The van der Waals surface area contributed by atoms with Crippen LogP contribution >= 0.6 is 15.9 Å². The van der Waals surface area contributed by atoms with Gasteiger partial charge in [-0.3, -0.25) is 0 Å². The Morgan fingerprint density at radius 1 is 1.22 bits per heavy atom. The molecule has 1 saturated carbocycles. The second kappa shape index (κ2) is 6.23. The summed E-state index contributed by atoms with van der Waals surface area (Å²) in [6.07, 6.45) is 6.81. The first kappa shape index (κ1) is 13.4. The first-order valence-electron chi connectivity index (χ1n) is 6.43. The Labute approximate surface area is 116 Å². The van der Waals surface area contributed by atoms with E-state index >= 15 is 0 Å². The van der Waals surface area contributed by atoms with Gasteiger partial charge < -0.3 is 10.5 Å². The predicted octanol–water partition coefficient (Wildman–Crippen LogP) is 3.91. The van der Waals surface area contributed by atoms with Gasteiger partial charge in [-0.2, -0.15) is 0 Å². The standard InChI is InChI=1S/C14H18BrNO2/c15-13-8-7-10(16)9-12(13)14(17)18-11-5-3-1-2-4-6-11/h7-9,11H,1-6,16H2. The lowest BCUT2D eigenvalue weighted by Crippen LogP contribution is -2.18. The molecule has 98 valence electrons. The fourth-order valence-corrected chi connectivity index (χ4v) is 2.68. The van der Waals surface area contributed by atoms with Crippen LogP contribution in [0.1, 0.15) is 48.9 Å². The molecule has 0 saturated heterocycles. The molecule has 1 aromatic carbocycles. The maximum Gasteiger partial charge on any atom is 0.339 e. The van der Waals surface area contributed by atoms with E-state index in [9.17, 15) is 4.79 Å². The van der Waals surface area contributed by atoms with Crippen molar-refractivity contribution in [3.63, 3.8) is 0 Å². The van der Waals surface area contributed by atoms with Crippen molar-refractivity contribution in [1.29, 1.82) is 0 Å². The highest BCUT2D eigenvalue weighted by atomic mass is 79.9. The average Bonchev–Trinajstić information content (AvgIpc) is 2.61. The Hall–Kier alpha value is -1.03. The summed E-state index contributed by atoms with van der Waals surface area (Å²) in [7, 11) is 0. The number of hydrogen-bond acceptors (Lipinski definition) is 3. The predicted molar refractivity (Wildman–Crippen MR) is 75.5 cm³/mol. The molecule has 1 aromatic rings. The molecule has 3 nitrogen and oxygen atoms in total. The van der Waals surface area contributed by atoms with Gasteiger partial charge in [-0.1, -0.05) is 12.8 Å². The lowest BCUT2D eigenvalue weighted by molar-refractivity contribution is 0.0266. The second-order valence-corrected chi connectivity index (χ2v) is 5.61. The van der Waals surface area contributed by atoms with E-state index in [1.165, 1.54) is 12.8 Å². The SMILES string of the molecule is Nc1ccc(Br)c(C(=O)OC2CCCCCC2)c1. The quantitative estimate of drug-likeness (QED) is 0.512. The summed E-state index contributed by atoms with van der Waals surface area (Å²) < 4.78 is 6.30. The van der Waals surface area contributed by atoms with Gasteiger partial charge in [-0.25, -0.2) is 4.79 Å².